The molecule has 6 heteroatoms. The maximum Gasteiger partial charge on any atom is 0.211 e. The minimum atomic E-state index is -0.478. The Morgan fingerprint density at radius 2 is 1.83 bits per heavy atom. The summed E-state index contributed by atoms with van der Waals surface area (Å²) in [5.74, 6) is -1.45. The van der Waals surface area contributed by atoms with Crippen molar-refractivity contribution in [1.82, 2.24) is 0 Å². The Morgan fingerprint density at radius 3 is 2.50 bits per heavy atom. The van der Waals surface area contributed by atoms with E-state index in [0.29, 0.717) is 13.1 Å². The van der Waals surface area contributed by atoms with Gasteiger partial charge in [-0.15, -0.1) is 0 Å². The van der Waals surface area contributed by atoms with Crippen molar-refractivity contribution in [2.75, 3.05) is 18.4 Å². The number of benzene rings is 1. The Balaban J connectivity index is 2.39. The van der Waals surface area contributed by atoms with E-state index >= 15 is 0 Å². The third-order valence-corrected chi connectivity index (χ3v) is 4.04. The summed E-state index contributed by atoms with van der Waals surface area (Å²) in [5, 5.41) is 23.6. The molecule has 0 fully saturated rings. The zero-order valence-electron chi connectivity index (χ0n) is 14.2. The fraction of sp³-hybridized carbons (Fsp3) is 0.500. The number of unbranched alkanes of at least 4 members (excludes halogenated alkanes) is 2. The zero-order chi connectivity index (χ0) is 17.7. The van der Waals surface area contributed by atoms with Gasteiger partial charge in [-0.05, 0) is 12.8 Å². The first-order chi connectivity index (χ1) is 11.5. The molecule has 2 rings (SSSR count). The molecule has 3 N–H and O–H groups in total. The summed E-state index contributed by atoms with van der Waals surface area (Å²) < 4.78 is 0. The number of Topliss-reactive ketones (excluding diaryl/α,β-unsaturated/α-hetero) is 2. The topological polar surface area (TPSA) is 99.0 Å². The monoisotopic (exact) mass is 332 g/mol. The van der Waals surface area contributed by atoms with Crippen molar-refractivity contribution in [3.63, 3.8) is 0 Å². The smallest absolute Gasteiger partial charge is 0.211 e. The van der Waals surface area contributed by atoms with Gasteiger partial charge < -0.3 is 15.5 Å². The van der Waals surface area contributed by atoms with Crippen molar-refractivity contribution in [3.8, 4) is 11.5 Å². The van der Waals surface area contributed by atoms with Gasteiger partial charge >= 0.3 is 0 Å². The van der Waals surface area contributed by atoms with Gasteiger partial charge in [0.25, 0.3) is 0 Å². The summed E-state index contributed by atoms with van der Waals surface area (Å²) in [6.07, 6.45) is 3.49. The molecule has 0 radical (unpaired) electrons. The van der Waals surface area contributed by atoms with Gasteiger partial charge in [0.15, 0.2) is 11.5 Å². The largest absolute Gasteiger partial charge is 0.507 e. The van der Waals surface area contributed by atoms with E-state index in [9.17, 15) is 19.8 Å². The molecule has 0 spiro atoms. The Hall–Kier alpha value is -2.37. The second-order valence-corrected chi connectivity index (χ2v) is 5.93. The number of nitrogens with one attached hydrogen (secondary N) is 1. The van der Waals surface area contributed by atoms with Crippen LogP contribution < -0.4 is 5.32 Å². The lowest BCUT2D eigenvalue weighted by molar-refractivity contribution is 0.0960. The molecule has 1 aliphatic carbocycles. The van der Waals surface area contributed by atoms with Gasteiger partial charge in [0.05, 0.1) is 28.9 Å². The Morgan fingerprint density at radius 1 is 1.12 bits per heavy atom. The fourth-order valence-corrected chi connectivity index (χ4v) is 2.66. The van der Waals surface area contributed by atoms with Gasteiger partial charge in [-0.3, -0.25) is 14.6 Å². The van der Waals surface area contributed by atoms with Crippen LogP contribution in [0.1, 0.15) is 66.7 Å². The number of phenolic OH excluding ortho intramolecular Hbond substituents is 2. The van der Waals surface area contributed by atoms with Gasteiger partial charge in [-0.2, -0.15) is 0 Å². The van der Waals surface area contributed by atoms with E-state index in [1.807, 2.05) is 13.8 Å². The molecule has 0 heterocycles. The molecule has 0 amide bonds. The molecule has 24 heavy (non-hydrogen) atoms. The number of carbonyl (C=O) groups excluding carboxylic acids is 2. The SMILES string of the molecule is CCCCN=C1CC(=O)c2c(O)c(NCCCC)cc(O)c2C1=O. The van der Waals surface area contributed by atoms with Crippen LogP contribution in [0.4, 0.5) is 5.69 Å². The zero-order valence-corrected chi connectivity index (χ0v) is 14.2. The average molecular weight is 332 g/mol. The fourth-order valence-electron chi connectivity index (χ4n) is 2.66. The van der Waals surface area contributed by atoms with Crippen LogP contribution in [0, 0.1) is 0 Å². The third kappa shape index (κ3) is 3.58. The van der Waals surface area contributed by atoms with Crippen molar-refractivity contribution in [2.24, 2.45) is 4.99 Å². The molecule has 6 nitrogen and oxygen atoms in total. The first kappa shape index (κ1) is 18.0. The molecule has 1 aromatic rings. The van der Waals surface area contributed by atoms with Crippen LogP contribution in [0.3, 0.4) is 0 Å². The number of hydrogen-bond donors (Lipinski definition) is 3. The van der Waals surface area contributed by atoms with Crippen LogP contribution in [0.2, 0.25) is 0 Å². The van der Waals surface area contributed by atoms with Gasteiger partial charge in [-0.1, -0.05) is 26.7 Å². The van der Waals surface area contributed by atoms with Gasteiger partial charge in [0, 0.05) is 19.2 Å². The maximum absolute atomic E-state index is 12.5. The lowest BCUT2D eigenvalue weighted by atomic mass is 9.86. The van der Waals surface area contributed by atoms with Crippen LogP contribution >= 0.6 is 0 Å². The Bertz CT molecular complexity index is 680. The maximum atomic E-state index is 12.5. The van der Waals surface area contributed by atoms with Crippen molar-refractivity contribution in [1.29, 1.82) is 0 Å². The van der Waals surface area contributed by atoms with E-state index in [2.05, 4.69) is 10.3 Å². The van der Waals surface area contributed by atoms with Crippen molar-refractivity contribution < 1.29 is 19.8 Å². The predicted molar refractivity (Wildman–Crippen MR) is 93.7 cm³/mol. The summed E-state index contributed by atoms with van der Waals surface area (Å²) in [6.45, 7) is 5.13. The average Bonchev–Trinajstić information content (AvgIpc) is 2.55. The number of nitrogens with zero attached hydrogens (tertiary/aromatic N) is 1. The molecule has 0 aromatic heterocycles. The highest BCUT2D eigenvalue weighted by atomic mass is 16.3. The number of hydrogen-bond acceptors (Lipinski definition) is 6. The van der Waals surface area contributed by atoms with Crippen molar-refractivity contribution >= 4 is 23.0 Å². The lowest BCUT2D eigenvalue weighted by Gasteiger charge is -2.20. The third-order valence-electron chi connectivity index (χ3n) is 4.04. The van der Waals surface area contributed by atoms with E-state index in [1.165, 1.54) is 6.07 Å². The van der Waals surface area contributed by atoms with Crippen molar-refractivity contribution in [2.45, 2.75) is 46.0 Å². The first-order valence-corrected chi connectivity index (χ1v) is 8.45. The summed E-state index contributed by atoms with van der Waals surface area (Å²) in [6, 6.07) is 1.30. The molecule has 0 saturated carbocycles. The number of rotatable bonds is 7. The quantitative estimate of drug-likeness (QED) is 0.404. The summed E-state index contributed by atoms with van der Waals surface area (Å²) >= 11 is 0. The van der Waals surface area contributed by atoms with Gasteiger partial charge in [-0.25, -0.2) is 0 Å². The number of carbonyl (C=O) groups is 2. The number of fused-ring (bicyclic) bond motifs is 1. The minimum Gasteiger partial charge on any atom is -0.507 e. The molecule has 0 unspecified atom stereocenters. The van der Waals surface area contributed by atoms with E-state index in [4.69, 9.17) is 0 Å². The molecule has 0 bridgehead atoms. The van der Waals surface area contributed by atoms with E-state index < -0.39 is 11.6 Å². The number of anilines is 1. The highest BCUT2D eigenvalue weighted by Gasteiger charge is 2.35. The highest BCUT2D eigenvalue weighted by molar-refractivity contribution is 6.53. The van der Waals surface area contributed by atoms with Crippen molar-refractivity contribution in [3.05, 3.63) is 17.2 Å². The van der Waals surface area contributed by atoms with Gasteiger partial charge in [0.2, 0.25) is 5.78 Å². The first-order valence-electron chi connectivity index (χ1n) is 8.45. The van der Waals surface area contributed by atoms with Gasteiger partial charge in [0.1, 0.15) is 5.75 Å². The van der Waals surface area contributed by atoms with Crippen LogP contribution in [0.15, 0.2) is 11.1 Å². The normalized spacial score (nSPS) is 15.7. The second-order valence-electron chi connectivity index (χ2n) is 5.93. The molecule has 0 aliphatic heterocycles. The summed E-state index contributed by atoms with van der Waals surface area (Å²) in [5.41, 5.74) is 0.183. The molecule has 0 atom stereocenters. The second kappa shape index (κ2) is 7.95. The molecular formula is C18H24N2O4. The molecule has 0 saturated heterocycles. The minimum absolute atomic E-state index is 0.103. The summed E-state index contributed by atoms with van der Waals surface area (Å²) in [4.78, 5) is 29.1. The molecular weight excluding hydrogens is 308 g/mol. The van der Waals surface area contributed by atoms with Crippen LogP contribution in [-0.2, 0) is 0 Å². The van der Waals surface area contributed by atoms with E-state index in [-0.39, 0.29) is 40.4 Å². The van der Waals surface area contributed by atoms with Crippen LogP contribution in [0.25, 0.3) is 0 Å². The number of ketones is 2. The number of phenols is 2. The molecule has 1 aliphatic rings. The lowest BCUT2D eigenvalue weighted by Crippen LogP contribution is -2.28. The van der Waals surface area contributed by atoms with Crippen LogP contribution in [-0.4, -0.2) is 40.6 Å². The number of aromatic hydroxyl groups is 2. The highest BCUT2D eigenvalue weighted by Crippen LogP contribution is 2.40. The number of aliphatic imine (C=N–C) groups is 1. The standard InChI is InChI=1S/C18H24N2O4/c1-3-5-7-19-11-9-13(21)16-15(17(11)23)14(22)10-12(18(16)24)20-8-6-4-2/h9,19,21,23H,3-8,10H2,1-2H3. The predicted octanol–water partition coefficient (Wildman–Crippen LogP) is 3.32. The van der Waals surface area contributed by atoms with Crippen LogP contribution in [0.5, 0.6) is 11.5 Å². The van der Waals surface area contributed by atoms with E-state index in [0.717, 1.165) is 25.7 Å². The summed E-state index contributed by atoms with van der Waals surface area (Å²) in [7, 11) is 0. The molecule has 130 valence electrons. The van der Waals surface area contributed by atoms with E-state index in [1.54, 1.807) is 0 Å². The molecule has 1 aromatic carbocycles. The Labute approximate surface area is 141 Å². The Kier molecular flexibility index (Phi) is 5.95.